The number of benzene rings is 1. The molecule has 0 radical (unpaired) electrons. The molecular formula is C15H18N2OS. The van der Waals surface area contributed by atoms with E-state index in [2.05, 4.69) is 18.9 Å². The van der Waals surface area contributed by atoms with E-state index in [-0.39, 0.29) is 5.78 Å². The highest BCUT2D eigenvalue weighted by Gasteiger charge is 2.14. The molecule has 1 aromatic heterocycles. The van der Waals surface area contributed by atoms with Gasteiger partial charge in [-0.15, -0.1) is 0 Å². The van der Waals surface area contributed by atoms with Crippen molar-refractivity contribution in [2.45, 2.75) is 25.5 Å². The molecule has 0 amide bonds. The lowest BCUT2D eigenvalue weighted by Crippen LogP contribution is -2.12. The zero-order chi connectivity index (χ0) is 13.7. The molecule has 0 aliphatic heterocycles. The molecule has 1 atom stereocenters. The Morgan fingerprint density at radius 1 is 1.32 bits per heavy atom. The van der Waals surface area contributed by atoms with Crippen LogP contribution < -0.4 is 0 Å². The highest BCUT2D eigenvalue weighted by atomic mass is 32.2. The van der Waals surface area contributed by atoms with Crippen molar-refractivity contribution in [3.63, 3.8) is 0 Å². The summed E-state index contributed by atoms with van der Waals surface area (Å²) in [6.45, 7) is 4.28. The van der Waals surface area contributed by atoms with Gasteiger partial charge in [0.25, 0.3) is 0 Å². The van der Waals surface area contributed by atoms with Gasteiger partial charge in [0.2, 0.25) is 0 Å². The Bertz CT molecular complexity index is 536. The van der Waals surface area contributed by atoms with Crippen LogP contribution in [0.3, 0.4) is 0 Å². The summed E-state index contributed by atoms with van der Waals surface area (Å²) >= 11 is 1.70. The van der Waals surface area contributed by atoms with E-state index in [1.807, 2.05) is 30.3 Å². The van der Waals surface area contributed by atoms with Crippen molar-refractivity contribution < 1.29 is 4.79 Å². The average Bonchev–Trinajstić information content (AvgIpc) is 2.94. The van der Waals surface area contributed by atoms with Gasteiger partial charge in [-0.1, -0.05) is 32.0 Å². The zero-order valence-corrected chi connectivity index (χ0v) is 12.1. The van der Waals surface area contributed by atoms with E-state index in [0.717, 1.165) is 12.1 Å². The van der Waals surface area contributed by atoms with E-state index in [1.165, 1.54) is 0 Å². The van der Waals surface area contributed by atoms with E-state index < -0.39 is 0 Å². The van der Waals surface area contributed by atoms with Gasteiger partial charge < -0.3 is 0 Å². The number of thioether (sulfide) groups is 1. The topological polar surface area (TPSA) is 34.9 Å². The summed E-state index contributed by atoms with van der Waals surface area (Å²) in [6, 6.07) is 11.5. The lowest BCUT2D eigenvalue weighted by Gasteiger charge is -2.09. The van der Waals surface area contributed by atoms with Crippen LogP contribution in [-0.2, 0) is 0 Å². The van der Waals surface area contributed by atoms with Crippen molar-refractivity contribution in [1.82, 2.24) is 9.78 Å². The van der Waals surface area contributed by atoms with Crippen molar-refractivity contribution in [3.8, 4) is 5.69 Å². The first kappa shape index (κ1) is 13.9. The van der Waals surface area contributed by atoms with Gasteiger partial charge in [-0.25, -0.2) is 4.68 Å². The van der Waals surface area contributed by atoms with E-state index in [4.69, 9.17) is 0 Å². The first-order valence-electron chi connectivity index (χ1n) is 6.46. The normalized spacial score (nSPS) is 12.3. The number of carbonyl (C=O) groups excluding carboxylic acids is 1. The fourth-order valence-corrected chi connectivity index (χ4v) is 2.52. The molecule has 0 aliphatic rings. The molecule has 2 aromatic rings. The molecule has 0 saturated heterocycles. The van der Waals surface area contributed by atoms with Gasteiger partial charge in [-0.2, -0.15) is 16.9 Å². The molecule has 3 nitrogen and oxygen atoms in total. The zero-order valence-electron chi connectivity index (χ0n) is 11.2. The molecule has 0 N–H and O–H groups in total. The fourth-order valence-electron chi connectivity index (χ4n) is 1.70. The van der Waals surface area contributed by atoms with Crippen LogP contribution in [0.4, 0.5) is 0 Å². The third-order valence-electron chi connectivity index (χ3n) is 3.00. The van der Waals surface area contributed by atoms with E-state index >= 15 is 0 Å². The molecule has 1 aromatic carbocycles. The number of ketones is 1. The van der Waals surface area contributed by atoms with Crippen LogP contribution in [0.1, 0.15) is 30.8 Å². The van der Waals surface area contributed by atoms with Crippen LogP contribution in [0.2, 0.25) is 0 Å². The maximum atomic E-state index is 12.2. The van der Waals surface area contributed by atoms with Crippen molar-refractivity contribution in [2.75, 3.05) is 5.75 Å². The molecule has 0 bridgehead atoms. The third-order valence-corrected chi connectivity index (χ3v) is 4.33. The van der Waals surface area contributed by atoms with E-state index in [9.17, 15) is 4.79 Å². The van der Waals surface area contributed by atoms with Crippen LogP contribution in [-0.4, -0.2) is 26.6 Å². The molecule has 2 rings (SSSR count). The number of rotatable bonds is 6. The summed E-state index contributed by atoms with van der Waals surface area (Å²) in [5.74, 6) is 0.639. The third kappa shape index (κ3) is 3.47. The van der Waals surface area contributed by atoms with Gasteiger partial charge in [0, 0.05) is 5.25 Å². The second-order valence-corrected chi connectivity index (χ2v) is 5.84. The molecule has 4 heteroatoms. The smallest absolute Gasteiger partial charge is 0.191 e. The van der Waals surface area contributed by atoms with Gasteiger partial charge in [0.15, 0.2) is 5.78 Å². The minimum absolute atomic E-state index is 0.131. The summed E-state index contributed by atoms with van der Waals surface area (Å²) in [5.41, 5.74) is 1.58. The predicted molar refractivity (Wildman–Crippen MR) is 80.1 cm³/mol. The van der Waals surface area contributed by atoms with Crippen molar-refractivity contribution >= 4 is 17.5 Å². The Kier molecular flexibility index (Phi) is 4.80. The molecule has 0 saturated carbocycles. The Morgan fingerprint density at radius 3 is 2.74 bits per heavy atom. The molecule has 0 aliphatic carbocycles. The van der Waals surface area contributed by atoms with Gasteiger partial charge in [0.1, 0.15) is 5.69 Å². The molecule has 0 spiro atoms. The summed E-state index contributed by atoms with van der Waals surface area (Å²) in [4.78, 5) is 12.2. The monoisotopic (exact) mass is 274 g/mol. The number of carbonyl (C=O) groups is 1. The van der Waals surface area contributed by atoms with Crippen LogP contribution in [0.5, 0.6) is 0 Å². The average molecular weight is 274 g/mol. The van der Waals surface area contributed by atoms with Crippen LogP contribution in [0, 0.1) is 0 Å². The largest absolute Gasteiger partial charge is 0.292 e. The molecule has 1 heterocycles. The highest BCUT2D eigenvalue weighted by Crippen LogP contribution is 2.17. The van der Waals surface area contributed by atoms with Gasteiger partial charge in [-0.3, -0.25) is 4.79 Å². The van der Waals surface area contributed by atoms with Crippen LogP contribution in [0.15, 0.2) is 42.6 Å². The number of Topliss-reactive ketones (excluding diaryl/α,β-unsaturated/α-hetero) is 1. The molecular weight excluding hydrogens is 256 g/mol. The molecule has 100 valence electrons. The first-order valence-corrected chi connectivity index (χ1v) is 7.51. The van der Waals surface area contributed by atoms with Crippen molar-refractivity contribution in [2.24, 2.45) is 0 Å². The molecule has 1 unspecified atom stereocenters. The molecule has 0 fully saturated rings. The summed E-state index contributed by atoms with van der Waals surface area (Å²) < 4.78 is 1.71. The minimum atomic E-state index is 0.131. The summed E-state index contributed by atoms with van der Waals surface area (Å²) in [6.07, 6.45) is 2.75. The lowest BCUT2D eigenvalue weighted by molar-refractivity contribution is 0.101. The van der Waals surface area contributed by atoms with E-state index in [1.54, 1.807) is 28.7 Å². The Morgan fingerprint density at radius 2 is 2.05 bits per heavy atom. The second kappa shape index (κ2) is 6.57. The number of para-hydroxylation sites is 1. The summed E-state index contributed by atoms with van der Waals surface area (Å²) in [7, 11) is 0. The molecule has 19 heavy (non-hydrogen) atoms. The lowest BCUT2D eigenvalue weighted by atomic mass is 10.3. The Labute approximate surface area is 118 Å². The van der Waals surface area contributed by atoms with Crippen LogP contribution in [0.25, 0.3) is 5.69 Å². The standard InChI is InChI=1S/C15H18N2OS/c1-3-12(2)19-11-15(18)14-9-10-16-17(14)13-7-5-4-6-8-13/h4-10,12H,3,11H2,1-2H3. The Hall–Kier alpha value is -1.55. The number of hydrogen-bond acceptors (Lipinski definition) is 3. The number of aromatic nitrogens is 2. The fraction of sp³-hybridized carbons (Fsp3) is 0.333. The number of hydrogen-bond donors (Lipinski definition) is 0. The maximum Gasteiger partial charge on any atom is 0.191 e. The van der Waals surface area contributed by atoms with Crippen LogP contribution >= 0.6 is 11.8 Å². The highest BCUT2D eigenvalue weighted by molar-refractivity contribution is 8.00. The Balaban J connectivity index is 2.14. The quantitative estimate of drug-likeness (QED) is 0.755. The second-order valence-electron chi connectivity index (χ2n) is 4.42. The van der Waals surface area contributed by atoms with Gasteiger partial charge in [-0.05, 0) is 24.6 Å². The summed E-state index contributed by atoms with van der Waals surface area (Å²) in [5, 5.41) is 4.75. The SMILES string of the molecule is CCC(C)SCC(=O)c1ccnn1-c1ccccc1. The first-order chi connectivity index (χ1) is 9.22. The predicted octanol–water partition coefficient (Wildman–Crippen LogP) is 3.59. The van der Waals surface area contributed by atoms with Gasteiger partial charge >= 0.3 is 0 Å². The van der Waals surface area contributed by atoms with Crippen molar-refractivity contribution in [1.29, 1.82) is 0 Å². The van der Waals surface area contributed by atoms with E-state index in [0.29, 0.717) is 16.7 Å². The van der Waals surface area contributed by atoms with Gasteiger partial charge in [0.05, 0.1) is 17.6 Å². The van der Waals surface area contributed by atoms with Crippen molar-refractivity contribution in [3.05, 3.63) is 48.3 Å². The number of nitrogens with zero attached hydrogens (tertiary/aromatic N) is 2. The minimum Gasteiger partial charge on any atom is -0.292 e. The maximum absolute atomic E-state index is 12.2.